The summed E-state index contributed by atoms with van der Waals surface area (Å²) >= 11 is 5.65. The van der Waals surface area contributed by atoms with Crippen molar-refractivity contribution in [3.05, 3.63) is 41.6 Å². The molecule has 0 amide bonds. The van der Waals surface area contributed by atoms with Gasteiger partial charge in [-0.2, -0.15) is 0 Å². The number of alkyl halides is 1. The quantitative estimate of drug-likeness (QED) is 0.795. The van der Waals surface area contributed by atoms with E-state index < -0.39 is 0 Å². The van der Waals surface area contributed by atoms with E-state index in [0.717, 1.165) is 29.3 Å². The Balaban J connectivity index is 2.22. The second-order valence-corrected chi connectivity index (χ2v) is 4.10. The van der Waals surface area contributed by atoms with Crippen molar-refractivity contribution in [1.82, 2.24) is 15.0 Å². The maximum Gasteiger partial charge on any atom is 0.237 e. The van der Waals surface area contributed by atoms with Crippen molar-refractivity contribution in [3.8, 4) is 11.6 Å². The smallest absolute Gasteiger partial charge is 0.237 e. The van der Waals surface area contributed by atoms with Gasteiger partial charge in [0.15, 0.2) is 5.75 Å². The molecular weight excluding hydrogens is 250 g/mol. The maximum atomic E-state index is 5.68. The van der Waals surface area contributed by atoms with Crippen LogP contribution in [-0.2, 0) is 12.3 Å². The van der Waals surface area contributed by atoms with E-state index in [1.54, 1.807) is 12.4 Å². The van der Waals surface area contributed by atoms with Gasteiger partial charge in [0.25, 0.3) is 0 Å². The Bertz CT molecular complexity index is 528. The molecule has 0 N–H and O–H groups in total. The fourth-order valence-corrected chi connectivity index (χ4v) is 1.66. The molecule has 5 heteroatoms. The van der Waals surface area contributed by atoms with Gasteiger partial charge in [-0.1, -0.05) is 6.92 Å². The standard InChI is InChI=1S/C13H14ClN3O/c1-3-11-12(5-4-9(2)17-11)18-13-8-15-10(6-14)7-16-13/h4-5,7-8H,3,6H2,1-2H3. The van der Waals surface area contributed by atoms with Crippen molar-refractivity contribution in [1.29, 1.82) is 0 Å². The third kappa shape index (κ3) is 2.96. The topological polar surface area (TPSA) is 47.9 Å². The predicted octanol–water partition coefficient (Wildman–Crippen LogP) is 3.27. The second-order valence-electron chi connectivity index (χ2n) is 3.83. The Morgan fingerprint density at radius 2 is 2.06 bits per heavy atom. The van der Waals surface area contributed by atoms with Crippen LogP contribution >= 0.6 is 11.6 Å². The first kappa shape index (κ1) is 12.8. The summed E-state index contributed by atoms with van der Waals surface area (Å²) in [4.78, 5) is 12.7. The van der Waals surface area contributed by atoms with Crippen LogP contribution in [0.4, 0.5) is 0 Å². The van der Waals surface area contributed by atoms with Gasteiger partial charge in [-0.15, -0.1) is 11.6 Å². The predicted molar refractivity (Wildman–Crippen MR) is 70.0 cm³/mol. The highest BCUT2D eigenvalue weighted by Crippen LogP contribution is 2.23. The number of ether oxygens (including phenoxy) is 1. The zero-order valence-corrected chi connectivity index (χ0v) is 11.1. The minimum atomic E-state index is 0.347. The molecule has 0 unspecified atom stereocenters. The molecule has 2 rings (SSSR count). The highest BCUT2D eigenvalue weighted by Gasteiger charge is 2.06. The van der Waals surface area contributed by atoms with Gasteiger partial charge in [0, 0.05) is 5.69 Å². The van der Waals surface area contributed by atoms with Crippen molar-refractivity contribution >= 4 is 11.6 Å². The van der Waals surface area contributed by atoms with Gasteiger partial charge in [-0.25, -0.2) is 4.98 Å². The Morgan fingerprint density at radius 3 is 2.67 bits per heavy atom. The summed E-state index contributed by atoms with van der Waals surface area (Å²) in [6.45, 7) is 3.99. The molecule has 0 radical (unpaired) electrons. The lowest BCUT2D eigenvalue weighted by molar-refractivity contribution is 0.451. The summed E-state index contributed by atoms with van der Waals surface area (Å²) in [6.07, 6.45) is 3.98. The number of aromatic nitrogens is 3. The number of rotatable bonds is 4. The Kier molecular flexibility index (Phi) is 4.10. The van der Waals surface area contributed by atoms with Crippen molar-refractivity contribution in [2.24, 2.45) is 0 Å². The van der Waals surface area contributed by atoms with Gasteiger partial charge in [0.05, 0.1) is 29.7 Å². The third-order valence-corrected chi connectivity index (χ3v) is 2.71. The lowest BCUT2D eigenvalue weighted by Crippen LogP contribution is -1.98. The fourth-order valence-electron chi connectivity index (χ4n) is 1.52. The van der Waals surface area contributed by atoms with Gasteiger partial charge in [0.1, 0.15) is 0 Å². The van der Waals surface area contributed by atoms with Crippen molar-refractivity contribution < 1.29 is 4.74 Å². The summed E-state index contributed by atoms with van der Waals surface area (Å²) in [5.74, 6) is 1.51. The summed E-state index contributed by atoms with van der Waals surface area (Å²) in [6, 6.07) is 3.81. The van der Waals surface area contributed by atoms with Gasteiger partial charge < -0.3 is 4.74 Å². The van der Waals surface area contributed by atoms with Crippen LogP contribution in [0.25, 0.3) is 0 Å². The van der Waals surface area contributed by atoms with Crippen LogP contribution < -0.4 is 4.74 Å². The number of pyridine rings is 1. The molecule has 94 valence electrons. The van der Waals surface area contributed by atoms with E-state index in [1.807, 2.05) is 26.0 Å². The molecule has 4 nitrogen and oxygen atoms in total. The van der Waals surface area contributed by atoms with Crippen molar-refractivity contribution in [2.75, 3.05) is 0 Å². The van der Waals surface area contributed by atoms with Gasteiger partial charge in [-0.3, -0.25) is 9.97 Å². The van der Waals surface area contributed by atoms with E-state index in [9.17, 15) is 0 Å². The monoisotopic (exact) mass is 263 g/mol. The van der Waals surface area contributed by atoms with Crippen LogP contribution in [0.15, 0.2) is 24.5 Å². The maximum absolute atomic E-state index is 5.68. The van der Waals surface area contributed by atoms with Crippen LogP contribution in [0.3, 0.4) is 0 Å². The molecule has 0 aliphatic rings. The minimum Gasteiger partial charge on any atom is -0.436 e. The minimum absolute atomic E-state index is 0.347. The Hall–Kier alpha value is -1.68. The van der Waals surface area contributed by atoms with E-state index in [0.29, 0.717) is 11.8 Å². The molecular formula is C13H14ClN3O. The van der Waals surface area contributed by atoms with E-state index >= 15 is 0 Å². The normalized spacial score (nSPS) is 10.4. The van der Waals surface area contributed by atoms with E-state index in [-0.39, 0.29) is 0 Å². The first-order chi connectivity index (χ1) is 8.72. The molecule has 2 aromatic rings. The molecule has 0 fully saturated rings. The largest absolute Gasteiger partial charge is 0.436 e. The summed E-state index contributed by atoms with van der Waals surface area (Å²) in [5, 5.41) is 0. The molecule has 0 bridgehead atoms. The lowest BCUT2D eigenvalue weighted by atomic mass is 10.2. The van der Waals surface area contributed by atoms with Crippen LogP contribution in [0.1, 0.15) is 24.0 Å². The number of aryl methyl sites for hydroxylation is 2. The van der Waals surface area contributed by atoms with Crippen LogP contribution in [0, 0.1) is 6.92 Å². The van der Waals surface area contributed by atoms with E-state index in [1.165, 1.54) is 0 Å². The Morgan fingerprint density at radius 1 is 1.22 bits per heavy atom. The summed E-state index contributed by atoms with van der Waals surface area (Å²) in [5.41, 5.74) is 2.61. The van der Waals surface area contributed by atoms with Crippen LogP contribution in [0.5, 0.6) is 11.6 Å². The molecule has 0 atom stereocenters. The molecule has 0 aromatic carbocycles. The molecule has 0 saturated carbocycles. The highest BCUT2D eigenvalue weighted by atomic mass is 35.5. The second kappa shape index (κ2) is 5.78. The number of hydrogen-bond donors (Lipinski definition) is 0. The van der Waals surface area contributed by atoms with Gasteiger partial charge in [0.2, 0.25) is 5.88 Å². The average Bonchev–Trinajstić information content (AvgIpc) is 2.41. The molecule has 0 spiro atoms. The average molecular weight is 264 g/mol. The first-order valence-corrected chi connectivity index (χ1v) is 6.27. The SMILES string of the molecule is CCc1nc(C)ccc1Oc1cnc(CCl)cn1. The molecule has 0 aliphatic heterocycles. The molecule has 2 heterocycles. The lowest BCUT2D eigenvalue weighted by Gasteiger charge is -2.09. The van der Waals surface area contributed by atoms with Crippen molar-refractivity contribution in [3.63, 3.8) is 0 Å². The number of halogens is 1. The zero-order valence-electron chi connectivity index (χ0n) is 10.4. The van der Waals surface area contributed by atoms with Crippen LogP contribution in [-0.4, -0.2) is 15.0 Å². The van der Waals surface area contributed by atoms with Crippen LogP contribution in [0.2, 0.25) is 0 Å². The number of hydrogen-bond acceptors (Lipinski definition) is 4. The summed E-state index contributed by atoms with van der Waals surface area (Å²) < 4.78 is 5.68. The van der Waals surface area contributed by atoms with E-state index in [4.69, 9.17) is 16.3 Å². The van der Waals surface area contributed by atoms with E-state index in [2.05, 4.69) is 15.0 Å². The molecule has 0 aliphatic carbocycles. The molecule has 2 aromatic heterocycles. The fraction of sp³-hybridized carbons (Fsp3) is 0.308. The number of nitrogens with zero attached hydrogens (tertiary/aromatic N) is 3. The highest BCUT2D eigenvalue weighted by molar-refractivity contribution is 6.16. The van der Waals surface area contributed by atoms with Gasteiger partial charge >= 0.3 is 0 Å². The first-order valence-electron chi connectivity index (χ1n) is 5.74. The summed E-state index contributed by atoms with van der Waals surface area (Å²) in [7, 11) is 0. The van der Waals surface area contributed by atoms with Crippen molar-refractivity contribution in [2.45, 2.75) is 26.1 Å². The molecule has 18 heavy (non-hydrogen) atoms. The zero-order chi connectivity index (χ0) is 13.0. The third-order valence-electron chi connectivity index (χ3n) is 2.44. The molecule has 0 saturated heterocycles. The Labute approximate surface area is 111 Å². The van der Waals surface area contributed by atoms with Gasteiger partial charge in [-0.05, 0) is 25.5 Å².